The highest BCUT2D eigenvalue weighted by Crippen LogP contribution is 2.11. The van der Waals surface area contributed by atoms with Crippen molar-refractivity contribution in [1.29, 1.82) is 0 Å². The number of aromatic nitrogens is 1. The average Bonchev–Trinajstić information content (AvgIpc) is 2.68. The van der Waals surface area contributed by atoms with Crippen molar-refractivity contribution in [3.05, 3.63) is 16.6 Å². The molecule has 3 heteroatoms. The van der Waals surface area contributed by atoms with Crippen molar-refractivity contribution in [1.82, 2.24) is 10.3 Å². The zero-order valence-corrected chi connectivity index (χ0v) is 9.94. The molecule has 0 fully saturated rings. The summed E-state index contributed by atoms with van der Waals surface area (Å²) in [5, 5.41) is 6.77. The van der Waals surface area contributed by atoms with Gasteiger partial charge in [0, 0.05) is 11.6 Å². The summed E-state index contributed by atoms with van der Waals surface area (Å²) in [6.07, 6.45) is 5.48. The fourth-order valence-electron chi connectivity index (χ4n) is 1.37. The summed E-state index contributed by atoms with van der Waals surface area (Å²) in [6.45, 7) is 6.78. The lowest BCUT2D eigenvalue weighted by molar-refractivity contribution is 0.481. The first-order valence-corrected chi connectivity index (χ1v) is 6.30. The van der Waals surface area contributed by atoms with Gasteiger partial charge >= 0.3 is 0 Å². The Kier molecular flexibility index (Phi) is 5.80. The van der Waals surface area contributed by atoms with Crippen LogP contribution in [0.2, 0.25) is 0 Å². The van der Waals surface area contributed by atoms with E-state index in [4.69, 9.17) is 0 Å². The van der Waals surface area contributed by atoms with Gasteiger partial charge in [-0.25, -0.2) is 4.98 Å². The molecule has 0 aliphatic heterocycles. The van der Waals surface area contributed by atoms with Crippen LogP contribution in [-0.2, 0) is 6.42 Å². The number of aryl methyl sites for hydroxylation is 1. The fraction of sp³-hybridized carbons (Fsp3) is 0.727. The van der Waals surface area contributed by atoms with E-state index in [1.807, 2.05) is 6.20 Å². The van der Waals surface area contributed by atoms with Gasteiger partial charge in [0.05, 0.1) is 5.01 Å². The van der Waals surface area contributed by atoms with E-state index >= 15 is 0 Å². The van der Waals surface area contributed by atoms with Crippen molar-refractivity contribution in [3.8, 4) is 0 Å². The Morgan fingerprint density at radius 2 is 2.43 bits per heavy atom. The maximum Gasteiger partial charge on any atom is 0.0924 e. The summed E-state index contributed by atoms with van der Waals surface area (Å²) >= 11 is 1.76. The molecular formula is C11H20N2S. The molecule has 0 spiro atoms. The van der Waals surface area contributed by atoms with Crippen molar-refractivity contribution in [2.45, 2.75) is 33.1 Å². The van der Waals surface area contributed by atoms with Crippen LogP contribution in [0.5, 0.6) is 0 Å². The van der Waals surface area contributed by atoms with E-state index in [1.54, 1.807) is 11.3 Å². The Hall–Kier alpha value is -0.410. The monoisotopic (exact) mass is 212 g/mol. The normalized spacial score (nSPS) is 13.0. The van der Waals surface area contributed by atoms with Crippen LogP contribution < -0.4 is 5.32 Å². The molecule has 0 radical (unpaired) electrons. The predicted molar refractivity (Wildman–Crippen MR) is 62.8 cm³/mol. The topological polar surface area (TPSA) is 24.9 Å². The highest BCUT2D eigenvalue weighted by molar-refractivity contribution is 7.09. The summed E-state index contributed by atoms with van der Waals surface area (Å²) < 4.78 is 0. The van der Waals surface area contributed by atoms with Crippen LogP contribution >= 0.6 is 11.3 Å². The fourth-order valence-corrected chi connectivity index (χ4v) is 2.01. The van der Waals surface area contributed by atoms with Gasteiger partial charge in [-0.05, 0) is 38.3 Å². The van der Waals surface area contributed by atoms with Gasteiger partial charge in [0.15, 0.2) is 0 Å². The number of hydrogen-bond donors (Lipinski definition) is 1. The minimum absolute atomic E-state index is 0.755. The summed E-state index contributed by atoms with van der Waals surface area (Å²) in [4.78, 5) is 4.28. The lowest BCUT2D eigenvalue weighted by atomic mass is 10.1. The molecule has 0 aliphatic rings. The molecule has 2 nitrogen and oxygen atoms in total. The van der Waals surface area contributed by atoms with Crippen molar-refractivity contribution < 1.29 is 0 Å². The Labute approximate surface area is 90.8 Å². The van der Waals surface area contributed by atoms with E-state index in [0.717, 1.165) is 25.4 Å². The highest BCUT2D eigenvalue weighted by Gasteiger charge is 2.03. The van der Waals surface area contributed by atoms with E-state index < -0.39 is 0 Å². The average molecular weight is 212 g/mol. The van der Waals surface area contributed by atoms with Crippen LogP contribution in [0, 0.1) is 5.92 Å². The number of nitrogens with zero attached hydrogens (tertiary/aromatic N) is 1. The van der Waals surface area contributed by atoms with Crippen molar-refractivity contribution in [2.24, 2.45) is 5.92 Å². The predicted octanol–water partition coefficient (Wildman–Crippen LogP) is 2.71. The Morgan fingerprint density at radius 3 is 3.07 bits per heavy atom. The van der Waals surface area contributed by atoms with E-state index in [9.17, 15) is 0 Å². The molecule has 1 rings (SSSR count). The Bertz CT molecular complexity index is 221. The van der Waals surface area contributed by atoms with E-state index in [-0.39, 0.29) is 0 Å². The van der Waals surface area contributed by atoms with Gasteiger partial charge in [-0.3, -0.25) is 0 Å². The van der Waals surface area contributed by atoms with Crippen LogP contribution in [-0.4, -0.2) is 18.1 Å². The molecule has 0 bridgehead atoms. The second kappa shape index (κ2) is 6.96. The highest BCUT2D eigenvalue weighted by atomic mass is 32.1. The maximum atomic E-state index is 4.28. The van der Waals surface area contributed by atoms with Crippen LogP contribution in [0.25, 0.3) is 0 Å². The Morgan fingerprint density at radius 1 is 1.57 bits per heavy atom. The number of rotatable bonds is 7. The molecule has 14 heavy (non-hydrogen) atoms. The first-order chi connectivity index (χ1) is 6.83. The maximum absolute atomic E-state index is 4.28. The summed E-state index contributed by atoms with van der Waals surface area (Å²) in [5.74, 6) is 0.755. The van der Waals surface area contributed by atoms with E-state index in [0.29, 0.717) is 0 Å². The van der Waals surface area contributed by atoms with Gasteiger partial charge in [-0.2, -0.15) is 0 Å². The third-order valence-electron chi connectivity index (χ3n) is 2.25. The second-order valence-electron chi connectivity index (χ2n) is 3.77. The van der Waals surface area contributed by atoms with Gasteiger partial charge in [0.1, 0.15) is 0 Å². The second-order valence-corrected chi connectivity index (χ2v) is 4.75. The Balaban J connectivity index is 2.06. The molecule has 0 saturated heterocycles. The molecule has 1 N–H and O–H groups in total. The number of hydrogen-bond acceptors (Lipinski definition) is 3. The van der Waals surface area contributed by atoms with E-state index in [2.05, 4.69) is 29.5 Å². The zero-order valence-electron chi connectivity index (χ0n) is 9.12. The largest absolute Gasteiger partial charge is 0.316 e. The standard InChI is InChI=1S/C11H20N2S/c1-3-6-12-9-10(2)4-5-11-13-7-8-14-11/h7-8,10,12H,3-6,9H2,1-2H3. The molecule has 0 saturated carbocycles. The quantitative estimate of drug-likeness (QED) is 0.703. The van der Waals surface area contributed by atoms with Crippen LogP contribution in [0.4, 0.5) is 0 Å². The first-order valence-electron chi connectivity index (χ1n) is 5.42. The molecule has 0 aromatic carbocycles. The minimum atomic E-state index is 0.755. The molecular weight excluding hydrogens is 192 g/mol. The SMILES string of the molecule is CCCNCC(C)CCc1nccs1. The van der Waals surface area contributed by atoms with Gasteiger partial charge in [-0.15, -0.1) is 11.3 Å². The summed E-state index contributed by atoms with van der Waals surface area (Å²) in [7, 11) is 0. The zero-order chi connectivity index (χ0) is 10.2. The van der Waals surface area contributed by atoms with Gasteiger partial charge in [0.2, 0.25) is 0 Å². The lowest BCUT2D eigenvalue weighted by Gasteiger charge is -2.10. The summed E-state index contributed by atoms with van der Waals surface area (Å²) in [5.41, 5.74) is 0. The number of thiazole rings is 1. The van der Waals surface area contributed by atoms with E-state index in [1.165, 1.54) is 17.8 Å². The van der Waals surface area contributed by atoms with Crippen LogP contribution in [0.15, 0.2) is 11.6 Å². The molecule has 0 amide bonds. The van der Waals surface area contributed by atoms with Gasteiger partial charge in [-0.1, -0.05) is 13.8 Å². The van der Waals surface area contributed by atoms with Crippen LogP contribution in [0.1, 0.15) is 31.7 Å². The first kappa shape index (κ1) is 11.7. The van der Waals surface area contributed by atoms with Crippen molar-refractivity contribution in [2.75, 3.05) is 13.1 Å². The molecule has 1 heterocycles. The molecule has 1 atom stereocenters. The molecule has 1 aromatic rings. The lowest BCUT2D eigenvalue weighted by Crippen LogP contribution is -2.22. The smallest absolute Gasteiger partial charge is 0.0924 e. The molecule has 0 aliphatic carbocycles. The molecule has 1 aromatic heterocycles. The minimum Gasteiger partial charge on any atom is -0.316 e. The summed E-state index contributed by atoms with van der Waals surface area (Å²) in [6, 6.07) is 0. The van der Waals surface area contributed by atoms with Crippen molar-refractivity contribution >= 4 is 11.3 Å². The van der Waals surface area contributed by atoms with Crippen LogP contribution in [0.3, 0.4) is 0 Å². The molecule has 80 valence electrons. The molecule has 1 unspecified atom stereocenters. The third-order valence-corrected chi connectivity index (χ3v) is 3.09. The van der Waals surface area contributed by atoms with Crippen molar-refractivity contribution in [3.63, 3.8) is 0 Å². The third kappa shape index (κ3) is 4.72. The van der Waals surface area contributed by atoms with Gasteiger partial charge < -0.3 is 5.32 Å². The van der Waals surface area contributed by atoms with Gasteiger partial charge in [0.25, 0.3) is 0 Å². The number of nitrogens with one attached hydrogen (secondary N) is 1.